The van der Waals surface area contributed by atoms with E-state index in [0.29, 0.717) is 30.8 Å². The van der Waals surface area contributed by atoms with Gasteiger partial charge in [0, 0.05) is 18.8 Å². The van der Waals surface area contributed by atoms with Gasteiger partial charge in [-0.3, -0.25) is 4.79 Å². The van der Waals surface area contributed by atoms with Crippen LogP contribution >= 0.6 is 0 Å². The Balaban J connectivity index is 1.79. The molecule has 0 radical (unpaired) electrons. The van der Waals surface area contributed by atoms with Crippen LogP contribution in [0, 0.1) is 12.7 Å². The molecular formula is C21H22F4N2O3S. The Hall–Kier alpha value is -2.46. The average molecular weight is 458 g/mol. The van der Waals surface area contributed by atoms with Crippen LogP contribution in [0.1, 0.15) is 34.7 Å². The number of alkyl halides is 3. The first-order valence-electron chi connectivity index (χ1n) is 9.67. The molecule has 1 heterocycles. The maximum absolute atomic E-state index is 13.8. The smallest absolute Gasteiger partial charge is 0.325 e. The van der Waals surface area contributed by atoms with Crippen LogP contribution in [0.15, 0.2) is 30.3 Å². The van der Waals surface area contributed by atoms with Crippen molar-refractivity contribution in [1.29, 1.82) is 0 Å². The van der Waals surface area contributed by atoms with Crippen molar-refractivity contribution in [1.82, 2.24) is 4.31 Å². The topological polar surface area (TPSA) is 66.5 Å². The number of nitrogens with zero attached hydrogens (tertiary/aromatic N) is 1. The van der Waals surface area contributed by atoms with Crippen LogP contribution in [-0.4, -0.2) is 30.9 Å². The zero-order chi connectivity index (χ0) is 23.0. The molecule has 0 saturated heterocycles. The zero-order valence-corrected chi connectivity index (χ0v) is 17.8. The second kappa shape index (κ2) is 8.58. The first-order chi connectivity index (χ1) is 14.4. The van der Waals surface area contributed by atoms with E-state index < -0.39 is 33.5 Å². The number of rotatable bonds is 5. The van der Waals surface area contributed by atoms with Gasteiger partial charge < -0.3 is 5.32 Å². The van der Waals surface area contributed by atoms with Gasteiger partial charge in [0.2, 0.25) is 15.9 Å². The fourth-order valence-electron chi connectivity index (χ4n) is 3.61. The van der Waals surface area contributed by atoms with Crippen molar-refractivity contribution in [2.24, 2.45) is 0 Å². The first-order valence-corrected chi connectivity index (χ1v) is 11.3. The Labute approximate surface area is 178 Å². The highest BCUT2D eigenvalue weighted by molar-refractivity contribution is 7.89. The molecule has 31 heavy (non-hydrogen) atoms. The monoisotopic (exact) mass is 458 g/mol. The van der Waals surface area contributed by atoms with E-state index in [1.807, 2.05) is 6.07 Å². The molecule has 0 fully saturated rings. The molecule has 0 spiro atoms. The Morgan fingerprint density at radius 3 is 2.52 bits per heavy atom. The van der Waals surface area contributed by atoms with Gasteiger partial charge in [0.25, 0.3) is 0 Å². The quantitative estimate of drug-likeness (QED) is 0.688. The summed E-state index contributed by atoms with van der Waals surface area (Å²) < 4.78 is 77.6. The number of amides is 1. The molecule has 0 bridgehead atoms. The van der Waals surface area contributed by atoms with E-state index in [0.717, 1.165) is 22.8 Å². The standard InChI is InChI=1S/C21H22F4N2O3S/c1-3-31(29,30)27-9-8-16-15(12-27)6-4-13(2)20(16)26-19(28)11-14-5-7-17(18(22)10-14)21(23,24)25/h4-7,10H,3,8-9,11-12H2,1-2H3,(H,26,28). The Morgan fingerprint density at radius 1 is 1.19 bits per heavy atom. The molecule has 1 aliphatic heterocycles. The van der Waals surface area contributed by atoms with Crippen molar-refractivity contribution >= 4 is 21.6 Å². The second-order valence-corrected chi connectivity index (χ2v) is 9.67. The number of sulfonamides is 1. The predicted molar refractivity (Wildman–Crippen MR) is 108 cm³/mol. The van der Waals surface area contributed by atoms with Gasteiger partial charge in [0.05, 0.1) is 17.7 Å². The highest BCUT2D eigenvalue weighted by Gasteiger charge is 2.34. The van der Waals surface area contributed by atoms with Crippen molar-refractivity contribution in [2.75, 3.05) is 17.6 Å². The van der Waals surface area contributed by atoms with E-state index in [-0.39, 0.29) is 24.3 Å². The number of fused-ring (bicyclic) bond motifs is 1. The van der Waals surface area contributed by atoms with Gasteiger partial charge >= 0.3 is 6.18 Å². The van der Waals surface area contributed by atoms with Crippen molar-refractivity contribution in [3.05, 3.63) is 64.0 Å². The molecule has 0 atom stereocenters. The third-order valence-corrected chi connectivity index (χ3v) is 7.13. The average Bonchev–Trinajstić information content (AvgIpc) is 2.68. The number of anilines is 1. The minimum Gasteiger partial charge on any atom is -0.325 e. The molecule has 2 aromatic rings. The van der Waals surface area contributed by atoms with Crippen molar-refractivity contribution in [3.8, 4) is 0 Å². The van der Waals surface area contributed by atoms with Crippen molar-refractivity contribution < 1.29 is 30.8 Å². The summed E-state index contributed by atoms with van der Waals surface area (Å²) in [5.74, 6) is -1.93. The van der Waals surface area contributed by atoms with Gasteiger partial charge in [-0.05, 0) is 54.7 Å². The second-order valence-electron chi connectivity index (χ2n) is 7.42. The third-order valence-electron chi connectivity index (χ3n) is 5.30. The third kappa shape index (κ3) is 5.07. The Kier molecular flexibility index (Phi) is 6.43. The van der Waals surface area contributed by atoms with Crippen LogP contribution in [-0.2, 0) is 40.4 Å². The number of aryl methyl sites for hydroxylation is 1. The van der Waals surface area contributed by atoms with E-state index in [1.165, 1.54) is 4.31 Å². The van der Waals surface area contributed by atoms with Crippen molar-refractivity contribution in [2.45, 2.75) is 39.4 Å². The number of carbonyl (C=O) groups is 1. The highest BCUT2D eigenvalue weighted by atomic mass is 32.2. The van der Waals surface area contributed by atoms with Gasteiger partial charge in [-0.25, -0.2) is 12.8 Å². The normalized spacial score (nSPS) is 14.9. The molecule has 3 rings (SSSR count). The largest absolute Gasteiger partial charge is 0.419 e. The molecule has 0 unspecified atom stereocenters. The fourth-order valence-corrected chi connectivity index (χ4v) is 4.68. The van der Waals surface area contributed by atoms with Crippen LogP contribution in [0.5, 0.6) is 0 Å². The van der Waals surface area contributed by atoms with Gasteiger partial charge in [0.1, 0.15) is 5.82 Å². The lowest BCUT2D eigenvalue weighted by Gasteiger charge is -2.30. The fraction of sp³-hybridized carbons (Fsp3) is 0.381. The summed E-state index contributed by atoms with van der Waals surface area (Å²) in [5.41, 5.74) is 1.68. The maximum atomic E-state index is 13.8. The molecule has 2 aromatic carbocycles. The highest BCUT2D eigenvalue weighted by Crippen LogP contribution is 2.32. The summed E-state index contributed by atoms with van der Waals surface area (Å²) in [6, 6.07) is 6.00. The summed E-state index contributed by atoms with van der Waals surface area (Å²) in [5, 5.41) is 2.77. The Morgan fingerprint density at radius 2 is 1.90 bits per heavy atom. The maximum Gasteiger partial charge on any atom is 0.419 e. The van der Waals surface area contributed by atoms with Crippen LogP contribution < -0.4 is 5.32 Å². The van der Waals surface area contributed by atoms with Crippen LogP contribution in [0.4, 0.5) is 23.2 Å². The SMILES string of the molecule is CCS(=O)(=O)N1CCc2c(ccc(C)c2NC(=O)Cc2ccc(C(F)(F)F)c(F)c2)C1. The summed E-state index contributed by atoms with van der Waals surface area (Å²) >= 11 is 0. The predicted octanol–water partition coefficient (Wildman–Crippen LogP) is 4.04. The summed E-state index contributed by atoms with van der Waals surface area (Å²) in [6.45, 7) is 3.87. The molecule has 1 aliphatic rings. The first kappa shape index (κ1) is 23.2. The number of halogens is 4. The number of benzene rings is 2. The molecule has 0 saturated carbocycles. The summed E-state index contributed by atoms with van der Waals surface area (Å²) in [7, 11) is -3.34. The lowest BCUT2D eigenvalue weighted by molar-refractivity contribution is -0.140. The number of carbonyl (C=O) groups excluding carboxylic acids is 1. The summed E-state index contributed by atoms with van der Waals surface area (Å²) in [4.78, 5) is 12.5. The number of hydrogen-bond donors (Lipinski definition) is 1. The molecule has 0 aromatic heterocycles. The number of hydrogen-bond acceptors (Lipinski definition) is 3. The van der Waals surface area contributed by atoms with E-state index in [4.69, 9.17) is 0 Å². The van der Waals surface area contributed by atoms with Crippen LogP contribution in [0.25, 0.3) is 0 Å². The van der Waals surface area contributed by atoms with E-state index in [9.17, 15) is 30.8 Å². The molecule has 5 nitrogen and oxygen atoms in total. The molecular weight excluding hydrogens is 436 g/mol. The van der Waals surface area contributed by atoms with Crippen LogP contribution in [0.2, 0.25) is 0 Å². The molecule has 1 amide bonds. The van der Waals surface area contributed by atoms with Gasteiger partial charge in [-0.1, -0.05) is 18.2 Å². The molecule has 10 heteroatoms. The van der Waals surface area contributed by atoms with Gasteiger partial charge in [0.15, 0.2) is 0 Å². The minimum absolute atomic E-state index is 0.00146. The molecule has 168 valence electrons. The minimum atomic E-state index is -4.80. The van der Waals surface area contributed by atoms with Crippen LogP contribution in [0.3, 0.4) is 0 Å². The van der Waals surface area contributed by atoms with E-state index >= 15 is 0 Å². The molecule has 0 aliphatic carbocycles. The van der Waals surface area contributed by atoms with Gasteiger partial charge in [-0.15, -0.1) is 0 Å². The van der Waals surface area contributed by atoms with Crippen molar-refractivity contribution in [3.63, 3.8) is 0 Å². The van der Waals surface area contributed by atoms with Gasteiger partial charge in [-0.2, -0.15) is 17.5 Å². The van der Waals surface area contributed by atoms with E-state index in [1.54, 1.807) is 19.9 Å². The van der Waals surface area contributed by atoms with E-state index in [2.05, 4.69) is 5.32 Å². The zero-order valence-electron chi connectivity index (χ0n) is 17.0. The lowest BCUT2D eigenvalue weighted by Crippen LogP contribution is -2.37. The summed E-state index contributed by atoms with van der Waals surface area (Å²) in [6.07, 6.45) is -4.68. The molecule has 1 N–H and O–H groups in total. The Bertz CT molecular complexity index is 1110. The lowest BCUT2D eigenvalue weighted by atomic mass is 9.95. The number of nitrogens with one attached hydrogen (secondary N) is 1.